The van der Waals surface area contributed by atoms with E-state index >= 15 is 0 Å². The molecule has 0 unspecified atom stereocenters. The zero-order chi connectivity index (χ0) is 21.9. The molecule has 2 aromatic rings. The van der Waals surface area contributed by atoms with Crippen molar-refractivity contribution in [3.05, 3.63) is 65.4 Å². The van der Waals surface area contributed by atoms with Crippen LogP contribution in [-0.2, 0) is 16.0 Å². The van der Waals surface area contributed by atoms with Crippen LogP contribution in [0.5, 0.6) is 11.5 Å². The molecule has 156 valence electrons. The summed E-state index contributed by atoms with van der Waals surface area (Å²) in [6.45, 7) is 0.325. The number of esters is 1. The number of anilines is 1. The summed E-state index contributed by atoms with van der Waals surface area (Å²) >= 11 is 0. The molecule has 0 atom stereocenters. The molecule has 30 heavy (non-hydrogen) atoms. The number of hydrogen-bond acceptors (Lipinski definition) is 7. The summed E-state index contributed by atoms with van der Waals surface area (Å²) in [4.78, 5) is 24.1. The fourth-order valence-corrected chi connectivity index (χ4v) is 2.65. The molecule has 0 fully saturated rings. The number of para-hydroxylation sites is 1. The number of rotatable bonds is 9. The first-order valence-corrected chi connectivity index (χ1v) is 9.07. The molecule has 0 saturated heterocycles. The number of nitrogens with zero attached hydrogens (tertiary/aromatic N) is 1. The standard InChI is InChI=1S/C22H23N3O5/c1-28-19-9-8-15(12-20(19)29-2)10-11-24-21(26)16(13-23)14-25-18-7-5-4-6-17(18)22(27)30-3/h4-9,12,14,25H,10-11H2,1-3H3,(H,24,26)/b16-14-. The Labute approximate surface area is 175 Å². The van der Waals surface area contributed by atoms with Gasteiger partial charge in [0, 0.05) is 12.7 Å². The molecule has 2 aromatic carbocycles. The number of benzene rings is 2. The SMILES string of the molecule is COC(=O)c1ccccc1N/C=C(/C#N)C(=O)NCCc1ccc(OC)c(OC)c1. The third-order valence-electron chi connectivity index (χ3n) is 4.22. The molecule has 0 aliphatic rings. The second kappa shape index (κ2) is 11.1. The van der Waals surface area contributed by atoms with Gasteiger partial charge in [-0.25, -0.2) is 4.79 Å². The monoisotopic (exact) mass is 409 g/mol. The second-order valence-electron chi connectivity index (χ2n) is 6.05. The van der Waals surface area contributed by atoms with Gasteiger partial charge in [0.25, 0.3) is 5.91 Å². The molecule has 8 heteroatoms. The zero-order valence-electron chi connectivity index (χ0n) is 17.0. The summed E-state index contributed by atoms with van der Waals surface area (Å²) < 4.78 is 15.2. The van der Waals surface area contributed by atoms with Gasteiger partial charge >= 0.3 is 5.97 Å². The maximum Gasteiger partial charge on any atom is 0.339 e. The molecule has 0 aliphatic heterocycles. The van der Waals surface area contributed by atoms with Gasteiger partial charge in [0.1, 0.15) is 11.6 Å². The van der Waals surface area contributed by atoms with Crippen LogP contribution in [0.1, 0.15) is 15.9 Å². The number of hydrogen-bond donors (Lipinski definition) is 2. The third-order valence-corrected chi connectivity index (χ3v) is 4.22. The van der Waals surface area contributed by atoms with E-state index in [0.717, 1.165) is 5.56 Å². The van der Waals surface area contributed by atoms with E-state index in [1.807, 2.05) is 18.2 Å². The molecule has 0 bridgehead atoms. The summed E-state index contributed by atoms with van der Waals surface area (Å²) in [6, 6.07) is 14.0. The first-order chi connectivity index (χ1) is 14.5. The van der Waals surface area contributed by atoms with Crippen LogP contribution in [0, 0.1) is 11.3 Å². The van der Waals surface area contributed by atoms with Gasteiger partial charge in [0.15, 0.2) is 11.5 Å². The van der Waals surface area contributed by atoms with E-state index in [-0.39, 0.29) is 5.57 Å². The van der Waals surface area contributed by atoms with Gasteiger partial charge in [-0.2, -0.15) is 5.26 Å². The number of ether oxygens (including phenoxy) is 3. The van der Waals surface area contributed by atoms with Crippen LogP contribution in [-0.4, -0.2) is 39.8 Å². The zero-order valence-corrected chi connectivity index (χ0v) is 17.0. The summed E-state index contributed by atoms with van der Waals surface area (Å²) in [5.41, 5.74) is 1.54. The lowest BCUT2D eigenvalue weighted by molar-refractivity contribution is -0.117. The Morgan fingerprint density at radius 3 is 2.47 bits per heavy atom. The fourth-order valence-electron chi connectivity index (χ4n) is 2.65. The maximum atomic E-state index is 12.3. The third kappa shape index (κ3) is 5.75. The van der Waals surface area contributed by atoms with Crippen LogP contribution in [0.4, 0.5) is 5.69 Å². The highest BCUT2D eigenvalue weighted by Gasteiger charge is 2.12. The van der Waals surface area contributed by atoms with E-state index in [4.69, 9.17) is 14.2 Å². The highest BCUT2D eigenvalue weighted by atomic mass is 16.5. The molecule has 0 radical (unpaired) electrons. The molecular weight excluding hydrogens is 386 g/mol. The number of nitrogens with one attached hydrogen (secondary N) is 2. The molecule has 0 saturated carbocycles. The van der Waals surface area contributed by atoms with Crippen molar-refractivity contribution in [1.82, 2.24) is 5.32 Å². The van der Waals surface area contributed by atoms with Crippen molar-refractivity contribution >= 4 is 17.6 Å². The summed E-state index contributed by atoms with van der Waals surface area (Å²) in [5.74, 6) is 0.177. The highest BCUT2D eigenvalue weighted by Crippen LogP contribution is 2.27. The maximum absolute atomic E-state index is 12.3. The minimum atomic E-state index is -0.527. The van der Waals surface area contributed by atoms with Crippen molar-refractivity contribution < 1.29 is 23.8 Å². The number of amides is 1. The number of nitriles is 1. The van der Waals surface area contributed by atoms with Gasteiger partial charge in [0.2, 0.25) is 0 Å². The van der Waals surface area contributed by atoms with E-state index in [1.165, 1.54) is 13.3 Å². The average molecular weight is 409 g/mol. The van der Waals surface area contributed by atoms with Gasteiger partial charge in [-0.1, -0.05) is 18.2 Å². The summed E-state index contributed by atoms with van der Waals surface area (Å²) in [6.07, 6.45) is 1.80. The fraction of sp³-hybridized carbons (Fsp3) is 0.227. The summed E-state index contributed by atoms with van der Waals surface area (Å²) in [5, 5.41) is 14.8. The van der Waals surface area contributed by atoms with Gasteiger partial charge in [-0.15, -0.1) is 0 Å². The molecule has 2 rings (SSSR count). The Morgan fingerprint density at radius 1 is 1.07 bits per heavy atom. The first-order valence-electron chi connectivity index (χ1n) is 9.07. The average Bonchev–Trinajstić information content (AvgIpc) is 2.79. The van der Waals surface area contributed by atoms with Crippen molar-refractivity contribution in [3.8, 4) is 17.6 Å². The molecule has 0 heterocycles. The number of carbonyl (C=O) groups excluding carboxylic acids is 2. The molecule has 8 nitrogen and oxygen atoms in total. The van der Waals surface area contributed by atoms with Crippen LogP contribution < -0.4 is 20.1 Å². The predicted octanol–water partition coefficient (Wildman–Crippen LogP) is 2.67. The second-order valence-corrected chi connectivity index (χ2v) is 6.05. The van der Waals surface area contributed by atoms with Crippen LogP contribution in [0.15, 0.2) is 54.2 Å². The topological polar surface area (TPSA) is 110 Å². The van der Waals surface area contributed by atoms with Crippen LogP contribution in [0.3, 0.4) is 0 Å². The Hall–Kier alpha value is -3.99. The van der Waals surface area contributed by atoms with Crippen molar-refractivity contribution in [1.29, 1.82) is 5.26 Å². The van der Waals surface area contributed by atoms with E-state index in [0.29, 0.717) is 35.7 Å². The number of methoxy groups -OCH3 is 3. The van der Waals surface area contributed by atoms with Gasteiger partial charge in [-0.05, 0) is 36.2 Å². The van der Waals surface area contributed by atoms with Gasteiger partial charge < -0.3 is 24.8 Å². The van der Waals surface area contributed by atoms with Gasteiger partial charge in [-0.3, -0.25) is 4.79 Å². The van der Waals surface area contributed by atoms with Crippen LogP contribution >= 0.6 is 0 Å². The van der Waals surface area contributed by atoms with Crippen molar-refractivity contribution in [2.45, 2.75) is 6.42 Å². The number of carbonyl (C=O) groups is 2. The Bertz CT molecular complexity index is 979. The minimum absolute atomic E-state index is 0.123. The Kier molecular flexibility index (Phi) is 8.27. The minimum Gasteiger partial charge on any atom is -0.493 e. The van der Waals surface area contributed by atoms with Crippen LogP contribution in [0.2, 0.25) is 0 Å². The predicted molar refractivity (Wildman–Crippen MR) is 111 cm³/mol. The summed E-state index contributed by atoms with van der Waals surface area (Å²) in [7, 11) is 4.39. The van der Waals surface area contributed by atoms with E-state index in [2.05, 4.69) is 10.6 Å². The quantitative estimate of drug-likeness (QED) is 0.372. The smallest absolute Gasteiger partial charge is 0.339 e. The molecular formula is C22H23N3O5. The molecule has 0 aromatic heterocycles. The van der Waals surface area contributed by atoms with E-state index < -0.39 is 11.9 Å². The van der Waals surface area contributed by atoms with E-state index in [9.17, 15) is 14.9 Å². The lowest BCUT2D eigenvalue weighted by Gasteiger charge is -2.10. The Morgan fingerprint density at radius 2 is 1.80 bits per heavy atom. The molecule has 2 N–H and O–H groups in total. The Balaban J connectivity index is 1.99. The lowest BCUT2D eigenvalue weighted by atomic mass is 10.1. The van der Waals surface area contributed by atoms with E-state index in [1.54, 1.807) is 44.6 Å². The molecule has 0 spiro atoms. The van der Waals surface area contributed by atoms with Crippen molar-refractivity contribution in [2.24, 2.45) is 0 Å². The highest BCUT2D eigenvalue weighted by molar-refractivity contribution is 5.98. The molecule has 0 aliphatic carbocycles. The van der Waals surface area contributed by atoms with Crippen LogP contribution in [0.25, 0.3) is 0 Å². The largest absolute Gasteiger partial charge is 0.493 e. The molecule has 1 amide bonds. The normalized spacial score (nSPS) is 10.5. The van der Waals surface area contributed by atoms with Crippen molar-refractivity contribution in [2.75, 3.05) is 33.2 Å². The van der Waals surface area contributed by atoms with Gasteiger partial charge in [0.05, 0.1) is 32.6 Å². The lowest BCUT2D eigenvalue weighted by Crippen LogP contribution is -2.27. The first kappa shape index (κ1) is 22.3. The van der Waals surface area contributed by atoms with Crippen molar-refractivity contribution in [3.63, 3.8) is 0 Å².